The fourth-order valence-electron chi connectivity index (χ4n) is 4.27. The summed E-state index contributed by atoms with van der Waals surface area (Å²) < 4.78 is 25.5. The SMILES string of the molecule is COc1ccc(CC2CCCc3c2[nH]c2ccc(C)c(F)c32)c(Cl)c1OC. The number of nitrogens with one attached hydrogen (secondary N) is 1. The van der Waals surface area contributed by atoms with Gasteiger partial charge in [-0.25, -0.2) is 4.39 Å². The van der Waals surface area contributed by atoms with Gasteiger partial charge in [-0.3, -0.25) is 0 Å². The second-order valence-electron chi connectivity index (χ2n) is 7.20. The number of methoxy groups -OCH3 is 2. The van der Waals surface area contributed by atoms with Crippen LogP contribution >= 0.6 is 11.6 Å². The van der Waals surface area contributed by atoms with Crippen molar-refractivity contribution in [2.75, 3.05) is 14.2 Å². The van der Waals surface area contributed by atoms with E-state index in [2.05, 4.69) is 4.98 Å². The minimum absolute atomic E-state index is 0.102. The molecule has 1 heterocycles. The second-order valence-corrected chi connectivity index (χ2v) is 7.58. The largest absolute Gasteiger partial charge is 0.493 e. The number of aromatic amines is 1. The summed E-state index contributed by atoms with van der Waals surface area (Å²) in [5, 5.41) is 1.34. The zero-order valence-electron chi connectivity index (χ0n) is 15.8. The Morgan fingerprint density at radius 1 is 1.19 bits per heavy atom. The first-order chi connectivity index (χ1) is 13.0. The van der Waals surface area contributed by atoms with Gasteiger partial charge in [0.05, 0.1) is 19.2 Å². The Bertz CT molecular complexity index is 1010. The lowest BCUT2D eigenvalue weighted by Crippen LogP contribution is -2.12. The Labute approximate surface area is 163 Å². The number of aryl methyl sites for hydroxylation is 2. The lowest BCUT2D eigenvalue weighted by atomic mass is 9.83. The van der Waals surface area contributed by atoms with E-state index in [1.165, 1.54) is 0 Å². The summed E-state index contributed by atoms with van der Waals surface area (Å²) in [6.07, 6.45) is 3.78. The molecule has 2 aromatic carbocycles. The molecule has 27 heavy (non-hydrogen) atoms. The van der Waals surface area contributed by atoms with Crippen molar-refractivity contribution in [1.82, 2.24) is 4.98 Å². The second kappa shape index (κ2) is 7.08. The number of ether oxygens (including phenoxy) is 2. The molecule has 3 nitrogen and oxygen atoms in total. The van der Waals surface area contributed by atoms with E-state index in [-0.39, 0.29) is 11.7 Å². The highest BCUT2D eigenvalue weighted by Gasteiger charge is 2.27. The molecule has 0 saturated carbocycles. The molecule has 0 radical (unpaired) electrons. The number of rotatable bonds is 4. The van der Waals surface area contributed by atoms with Gasteiger partial charge in [-0.05, 0) is 61.4 Å². The van der Waals surface area contributed by atoms with Crippen molar-refractivity contribution in [1.29, 1.82) is 0 Å². The number of H-pyrrole nitrogens is 1. The van der Waals surface area contributed by atoms with Crippen LogP contribution in [-0.4, -0.2) is 19.2 Å². The van der Waals surface area contributed by atoms with Crippen molar-refractivity contribution in [3.63, 3.8) is 0 Å². The zero-order valence-corrected chi connectivity index (χ0v) is 16.5. The molecule has 1 aromatic heterocycles. The van der Waals surface area contributed by atoms with Crippen LogP contribution in [0.4, 0.5) is 4.39 Å². The van der Waals surface area contributed by atoms with E-state index in [0.717, 1.165) is 53.4 Å². The molecule has 1 atom stereocenters. The quantitative estimate of drug-likeness (QED) is 0.600. The molecule has 0 fully saturated rings. The molecule has 0 amide bonds. The fourth-order valence-corrected chi connectivity index (χ4v) is 4.58. The van der Waals surface area contributed by atoms with Crippen LogP contribution < -0.4 is 9.47 Å². The standard InChI is InChI=1S/C22H23ClFNO2/c1-12-7-9-16-18(20(12)24)15-6-4-5-14(21(15)25-16)11-13-8-10-17(26-2)22(27-3)19(13)23/h7-10,14,25H,4-6,11H2,1-3H3. The molecule has 1 N–H and O–H groups in total. The van der Waals surface area contributed by atoms with Crippen LogP contribution in [0.1, 0.15) is 41.1 Å². The number of fused-ring (bicyclic) bond motifs is 3. The summed E-state index contributed by atoms with van der Waals surface area (Å²) in [4.78, 5) is 3.49. The highest BCUT2D eigenvalue weighted by atomic mass is 35.5. The van der Waals surface area contributed by atoms with E-state index in [1.54, 1.807) is 14.2 Å². The van der Waals surface area contributed by atoms with Gasteiger partial charge in [0, 0.05) is 22.5 Å². The highest BCUT2D eigenvalue weighted by Crippen LogP contribution is 2.43. The van der Waals surface area contributed by atoms with Crippen molar-refractivity contribution in [3.05, 3.63) is 57.5 Å². The lowest BCUT2D eigenvalue weighted by Gasteiger charge is -2.24. The third kappa shape index (κ3) is 2.96. The van der Waals surface area contributed by atoms with E-state index in [4.69, 9.17) is 21.1 Å². The molecule has 1 aliphatic carbocycles. The summed E-state index contributed by atoms with van der Waals surface area (Å²) >= 11 is 6.59. The topological polar surface area (TPSA) is 34.2 Å². The van der Waals surface area contributed by atoms with Crippen LogP contribution in [-0.2, 0) is 12.8 Å². The van der Waals surface area contributed by atoms with E-state index >= 15 is 0 Å². The van der Waals surface area contributed by atoms with E-state index < -0.39 is 0 Å². The van der Waals surface area contributed by atoms with Gasteiger partial charge in [0.15, 0.2) is 11.5 Å². The first kappa shape index (κ1) is 18.2. The number of aromatic nitrogens is 1. The number of hydrogen-bond donors (Lipinski definition) is 1. The molecule has 1 unspecified atom stereocenters. The van der Waals surface area contributed by atoms with Gasteiger partial charge in [0.2, 0.25) is 0 Å². The summed E-state index contributed by atoms with van der Waals surface area (Å²) in [5.41, 5.74) is 4.86. The summed E-state index contributed by atoms with van der Waals surface area (Å²) in [5.74, 6) is 1.36. The maximum absolute atomic E-state index is 14.7. The van der Waals surface area contributed by atoms with E-state index in [9.17, 15) is 4.39 Å². The van der Waals surface area contributed by atoms with Crippen LogP contribution in [0.25, 0.3) is 10.9 Å². The van der Waals surface area contributed by atoms with Crippen LogP contribution in [0.3, 0.4) is 0 Å². The predicted molar refractivity (Wildman–Crippen MR) is 107 cm³/mol. The Morgan fingerprint density at radius 2 is 2.00 bits per heavy atom. The van der Waals surface area contributed by atoms with Gasteiger partial charge in [0.25, 0.3) is 0 Å². The molecule has 142 valence electrons. The Hall–Kier alpha value is -2.20. The predicted octanol–water partition coefficient (Wildman–Crippen LogP) is 5.95. The molecule has 0 aliphatic heterocycles. The van der Waals surface area contributed by atoms with Crippen molar-refractivity contribution < 1.29 is 13.9 Å². The monoisotopic (exact) mass is 387 g/mol. The zero-order chi connectivity index (χ0) is 19.1. The molecule has 1 aliphatic rings. The summed E-state index contributed by atoms with van der Waals surface area (Å²) in [6.45, 7) is 1.82. The van der Waals surface area contributed by atoms with Gasteiger partial charge < -0.3 is 14.5 Å². The van der Waals surface area contributed by atoms with Gasteiger partial charge >= 0.3 is 0 Å². The highest BCUT2D eigenvalue weighted by molar-refractivity contribution is 6.33. The Balaban J connectivity index is 1.75. The first-order valence-electron chi connectivity index (χ1n) is 9.24. The van der Waals surface area contributed by atoms with Gasteiger partial charge in [-0.15, -0.1) is 0 Å². The molecule has 0 saturated heterocycles. The normalized spacial score (nSPS) is 16.4. The Kier molecular flexibility index (Phi) is 4.77. The number of hydrogen-bond acceptors (Lipinski definition) is 2. The van der Waals surface area contributed by atoms with Crippen molar-refractivity contribution in [2.24, 2.45) is 0 Å². The van der Waals surface area contributed by atoms with Gasteiger partial charge in [-0.2, -0.15) is 0 Å². The van der Waals surface area contributed by atoms with Crippen LogP contribution in [0.15, 0.2) is 24.3 Å². The fraction of sp³-hybridized carbons (Fsp3) is 0.364. The average molecular weight is 388 g/mol. The molecule has 0 bridgehead atoms. The van der Waals surface area contributed by atoms with Crippen LogP contribution in [0.2, 0.25) is 5.02 Å². The summed E-state index contributed by atoms with van der Waals surface area (Å²) in [7, 11) is 3.19. The van der Waals surface area contributed by atoms with Crippen LogP contribution in [0, 0.1) is 12.7 Å². The molecule has 5 heteroatoms. The molecule has 3 aromatic rings. The molecular formula is C22H23ClFNO2. The van der Waals surface area contributed by atoms with Gasteiger partial charge in [-0.1, -0.05) is 23.7 Å². The Morgan fingerprint density at radius 3 is 2.74 bits per heavy atom. The van der Waals surface area contributed by atoms with Crippen LogP contribution in [0.5, 0.6) is 11.5 Å². The number of halogens is 2. The smallest absolute Gasteiger partial charge is 0.179 e. The van der Waals surface area contributed by atoms with E-state index in [1.807, 2.05) is 31.2 Å². The molecule has 0 spiro atoms. The lowest BCUT2D eigenvalue weighted by molar-refractivity contribution is 0.354. The number of benzene rings is 2. The third-order valence-electron chi connectivity index (χ3n) is 5.65. The van der Waals surface area contributed by atoms with E-state index in [0.29, 0.717) is 22.1 Å². The average Bonchev–Trinajstić information content (AvgIpc) is 3.06. The first-order valence-corrected chi connectivity index (χ1v) is 9.61. The molecular weight excluding hydrogens is 365 g/mol. The minimum Gasteiger partial charge on any atom is -0.493 e. The maximum atomic E-state index is 14.7. The van der Waals surface area contributed by atoms with Crippen molar-refractivity contribution >= 4 is 22.5 Å². The van der Waals surface area contributed by atoms with Crippen molar-refractivity contribution in [2.45, 2.75) is 38.5 Å². The summed E-state index contributed by atoms with van der Waals surface area (Å²) in [6, 6.07) is 7.69. The molecule has 4 rings (SSSR count). The van der Waals surface area contributed by atoms with Crippen molar-refractivity contribution in [3.8, 4) is 11.5 Å². The minimum atomic E-state index is -0.102. The van der Waals surface area contributed by atoms with Gasteiger partial charge in [0.1, 0.15) is 5.82 Å². The maximum Gasteiger partial charge on any atom is 0.179 e. The third-order valence-corrected chi connectivity index (χ3v) is 6.06.